The molecule has 0 spiro atoms. The number of ether oxygens (including phenoxy) is 1. The lowest BCUT2D eigenvalue weighted by molar-refractivity contribution is -0.137. The Morgan fingerprint density at radius 3 is 2.76 bits per heavy atom. The summed E-state index contributed by atoms with van der Waals surface area (Å²) >= 11 is 0. The molecule has 0 radical (unpaired) electrons. The van der Waals surface area contributed by atoms with Crippen LogP contribution in [0.1, 0.15) is 16.1 Å². The summed E-state index contributed by atoms with van der Waals surface area (Å²) in [5.74, 6) is -0.834. The van der Waals surface area contributed by atoms with Crippen molar-refractivity contribution < 1.29 is 22.7 Å². The van der Waals surface area contributed by atoms with Gasteiger partial charge >= 0.3 is 12.1 Å². The van der Waals surface area contributed by atoms with Gasteiger partial charge in [0.05, 0.1) is 12.7 Å². The van der Waals surface area contributed by atoms with Crippen LogP contribution >= 0.6 is 0 Å². The SMILES string of the molecule is COC(=O)c1nnn2ccc(C(F)(F)F)cc12. The van der Waals surface area contributed by atoms with E-state index in [1.54, 1.807) is 0 Å². The van der Waals surface area contributed by atoms with E-state index in [2.05, 4.69) is 15.0 Å². The van der Waals surface area contributed by atoms with Crippen LogP contribution in [0.5, 0.6) is 0 Å². The zero-order valence-electron chi connectivity index (χ0n) is 8.52. The summed E-state index contributed by atoms with van der Waals surface area (Å²) < 4.78 is 42.9. The smallest absolute Gasteiger partial charge is 0.416 e. The highest BCUT2D eigenvalue weighted by molar-refractivity contribution is 5.94. The van der Waals surface area contributed by atoms with Gasteiger partial charge in [0.25, 0.3) is 0 Å². The van der Waals surface area contributed by atoms with Gasteiger partial charge in [-0.25, -0.2) is 9.31 Å². The van der Waals surface area contributed by atoms with Crippen molar-refractivity contribution in [2.45, 2.75) is 6.18 Å². The van der Waals surface area contributed by atoms with Gasteiger partial charge in [0.1, 0.15) is 5.52 Å². The van der Waals surface area contributed by atoms with Gasteiger partial charge in [0.2, 0.25) is 0 Å². The maximum Gasteiger partial charge on any atom is 0.416 e. The molecule has 0 fully saturated rings. The quantitative estimate of drug-likeness (QED) is 0.715. The monoisotopic (exact) mass is 245 g/mol. The van der Waals surface area contributed by atoms with Gasteiger partial charge in [-0.2, -0.15) is 13.2 Å². The topological polar surface area (TPSA) is 56.5 Å². The number of nitrogens with zero attached hydrogens (tertiary/aromatic N) is 3. The number of methoxy groups -OCH3 is 1. The van der Waals surface area contributed by atoms with Gasteiger partial charge in [0, 0.05) is 6.20 Å². The number of fused-ring (bicyclic) bond motifs is 1. The highest BCUT2D eigenvalue weighted by atomic mass is 19.4. The van der Waals surface area contributed by atoms with E-state index in [1.165, 1.54) is 0 Å². The standard InChI is InChI=1S/C9H6F3N3O2/c1-17-8(16)7-6-4-5(9(10,11)12)2-3-15(6)14-13-7/h2-4H,1H3. The largest absolute Gasteiger partial charge is 0.464 e. The fourth-order valence-corrected chi connectivity index (χ4v) is 1.31. The van der Waals surface area contributed by atoms with Crippen LogP contribution in [0, 0.1) is 0 Å². The average molecular weight is 245 g/mol. The van der Waals surface area contributed by atoms with Crippen LogP contribution in [0.2, 0.25) is 0 Å². The predicted molar refractivity (Wildman–Crippen MR) is 49.3 cm³/mol. The number of rotatable bonds is 1. The van der Waals surface area contributed by atoms with E-state index in [9.17, 15) is 18.0 Å². The number of pyridine rings is 1. The molecular weight excluding hydrogens is 239 g/mol. The van der Waals surface area contributed by atoms with E-state index < -0.39 is 17.7 Å². The fourth-order valence-electron chi connectivity index (χ4n) is 1.31. The van der Waals surface area contributed by atoms with Crippen LogP contribution in [0.3, 0.4) is 0 Å². The molecule has 0 unspecified atom stereocenters. The number of carbonyl (C=O) groups is 1. The van der Waals surface area contributed by atoms with Crippen molar-refractivity contribution >= 4 is 11.5 Å². The molecule has 2 rings (SSSR count). The van der Waals surface area contributed by atoms with E-state index in [4.69, 9.17) is 0 Å². The van der Waals surface area contributed by atoms with Crippen molar-refractivity contribution in [1.82, 2.24) is 14.8 Å². The number of esters is 1. The van der Waals surface area contributed by atoms with Crippen LogP contribution < -0.4 is 0 Å². The van der Waals surface area contributed by atoms with Crippen LogP contribution in [-0.2, 0) is 10.9 Å². The Bertz CT molecular complexity index is 576. The van der Waals surface area contributed by atoms with Crippen molar-refractivity contribution in [3.8, 4) is 0 Å². The molecule has 0 N–H and O–H groups in total. The molecule has 2 heterocycles. The van der Waals surface area contributed by atoms with E-state index >= 15 is 0 Å². The Morgan fingerprint density at radius 2 is 2.18 bits per heavy atom. The second kappa shape index (κ2) is 3.72. The van der Waals surface area contributed by atoms with Crippen molar-refractivity contribution in [3.63, 3.8) is 0 Å². The number of hydrogen-bond acceptors (Lipinski definition) is 4. The van der Waals surface area contributed by atoms with E-state index in [-0.39, 0.29) is 11.2 Å². The molecule has 0 aromatic carbocycles. The summed E-state index contributed by atoms with van der Waals surface area (Å²) in [6.45, 7) is 0. The summed E-state index contributed by atoms with van der Waals surface area (Å²) in [4.78, 5) is 11.2. The van der Waals surface area contributed by atoms with E-state index in [0.29, 0.717) is 0 Å². The summed E-state index contributed by atoms with van der Waals surface area (Å²) in [5, 5.41) is 6.97. The third kappa shape index (κ3) is 1.93. The molecule has 0 aliphatic rings. The number of hydrogen-bond donors (Lipinski definition) is 0. The average Bonchev–Trinajstić information content (AvgIpc) is 2.69. The third-order valence-corrected chi connectivity index (χ3v) is 2.12. The first kappa shape index (κ1) is 11.4. The Balaban J connectivity index is 2.62. The lowest BCUT2D eigenvalue weighted by atomic mass is 10.2. The van der Waals surface area contributed by atoms with Gasteiger partial charge in [-0.1, -0.05) is 5.21 Å². The predicted octanol–water partition coefficient (Wildman–Crippen LogP) is 1.53. The minimum Gasteiger partial charge on any atom is -0.464 e. The van der Waals surface area contributed by atoms with Crippen LogP contribution in [0.4, 0.5) is 13.2 Å². The summed E-state index contributed by atoms with van der Waals surface area (Å²) in [7, 11) is 1.11. The first-order valence-corrected chi connectivity index (χ1v) is 4.44. The van der Waals surface area contributed by atoms with Crippen molar-refractivity contribution in [2.24, 2.45) is 0 Å². The van der Waals surface area contributed by atoms with Crippen molar-refractivity contribution in [2.75, 3.05) is 7.11 Å². The summed E-state index contributed by atoms with van der Waals surface area (Å²) in [5.41, 5.74) is -1.18. The van der Waals surface area contributed by atoms with Gasteiger partial charge in [-0.15, -0.1) is 5.10 Å². The molecule has 8 heteroatoms. The van der Waals surface area contributed by atoms with E-state index in [1.807, 2.05) is 0 Å². The number of alkyl halides is 3. The fraction of sp³-hybridized carbons (Fsp3) is 0.222. The first-order chi connectivity index (χ1) is 7.93. The molecule has 0 aliphatic carbocycles. The highest BCUT2D eigenvalue weighted by Gasteiger charge is 2.31. The second-order valence-electron chi connectivity index (χ2n) is 3.17. The van der Waals surface area contributed by atoms with Gasteiger partial charge in [0.15, 0.2) is 5.69 Å². The zero-order chi connectivity index (χ0) is 12.6. The van der Waals surface area contributed by atoms with Crippen LogP contribution in [-0.4, -0.2) is 27.9 Å². The first-order valence-electron chi connectivity index (χ1n) is 4.44. The van der Waals surface area contributed by atoms with Gasteiger partial charge in [-0.05, 0) is 12.1 Å². The Labute approximate surface area is 92.8 Å². The number of carbonyl (C=O) groups excluding carboxylic acids is 1. The third-order valence-electron chi connectivity index (χ3n) is 2.12. The van der Waals surface area contributed by atoms with Crippen LogP contribution in [0.25, 0.3) is 5.52 Å². The lowest BCUT2D eigenvalue weighted by Crippen LogP contribution is -2.07. The summed E-state index contributed by atoms with van der Waals surface area (Å²) in [6, 6.07) is 1.65. The molecule has 0 atom stereocenters. The molecule has 2 aromatic rings. The molecule has 0 saturated heterocycles. The number of halogens is 3. The molecule has 0 saturated carbocycles. The van der Waals surface area contributed by atoms with Crippen LogP contribution in [0.15, 0.2) is 18.3 Å². The van der Waals surface area contributed by atoms with Gasteiger partial charge < -0.3 is 4.74 Å². The molecule has 17 heavy (non-hydrogen) atoms. The second-order valence-corrected chi connectivity index (χ2v) is 3.17. The Morgan fingerprint density at radius 1 is 1.47 bits per heavy atom. The maximum absolute atomic E-state index is 12.5. The Kier molecular flexibility index (Phi) is 2.49. The molecular formula is C9H6F3N3O2. The number of aromatic nitrogens is 3. The molecule has 90 valence electrons. The highest BCUT2D eigenvalue weighted by Crippen LogP contribution is 2.30. The molecule has 0 bridgehead atoms. The maximum atomic E-state index is 12.5. The van der Waals surface area contributed by atoms with Gasteiger partial charge in [-0.3, -0.25) is 0 Å². The van der Waals surface area contributed by atoms with E-state index in [0.717, 1.165) is 30.0 Å². The normalized spacial score (nSPS) is 11.8. The molecule has 0 amide bonds. The van der Waals surface area contributed by atoms with Crippen molar-refractivity contribution in [1.29, 1.82) is 0 Å². The minimum absolute atomic E-state index is 0.0494. The zero-order valence-corrected chi connectivity index (χ0v) is 8.52. The van der Waals surface area contributed by atoms with Crippen molar-refractivity contribution in [3.05, 3.63) is 29.6 Å². The molecule has 0 aliphatic heterocycles. The lowest BCUT2D eigenvalue weighted by Gasteiger charge is -2.06. The molecule has 2 aromatic heterocycles. The Hall–Kier alpha value is -2.12. The minimum atomic E-state index is -4.49. The summed E-state index contributed by atoms with van der Waals surface area (Å²) in [6.07, 6.45) is -3.41. The molecule has 5 nitrogen and oxygen atoms in total.